The second-order valence-corrected chi connectivity index (χ2v) is 13.9. The second kappa shape index (κ2) is 12.9. The van der Waals surface area contributed by atoms with E-state index in [4.69, 9.17) is 31.8 Å². The molecule has 6 heterocycles. The number of alkyl halides is 3. The van der Waals surface area contributed by atoms with E-state index in [1.54, 1.807) is 18.8 Å². The minimum atomic E-state index is -4.86. The average molecular weight is 723 g/mol. The lowest BCUT2D eigenvalue weighted by molar-refractivity contribution is -0.140. The Bertz CT molecular complexity index is 1870. The smallest absolute Gasteiger partial charge is 0.416 e. The van der Waals surface area contributed by atoms with Crippen LogP contribution in [0, 0.1) is 5.82 Å². The van der Waals surface area contributed by atoms with E-state index in [2.05, 4.69) is 15.0 Å². The van der Waals surface area contributed by atoms with Crippen molar-refractivity contribution in [1.29, 1.82) is 0 Å². The Balaban J connectivity index is 1.27. The Labute approximate surface area is 289 Å². The molecule has 17 heteroatoms. The lowest BCUT2D eigenvalue weighted by Crippen LogP contribution is -2.43. The Kier molecular flexibility index (Phi) is 8.91. The minimum absolute atomic E-state index is 0.0188. The molecule has 0 bridgehead atoms. The molecule has 50 heavy (non-hydrogen) atoms. The maximum atomic E-state index is 15.4. The van der Waals surface area contributed by atoms with Crippen molar-refractivity contribution in [3.63, 3.8) is 0 Å². The lowest BCUT2D eigenvalue weighted by atomic mass is 9.93. The summed E-state index contributed by atoms with van der Waals surface area (Å²) < 4.78 is 85.1. The zero-order valence-electron chi connectivity index (χ0n) is 27.5. The minimum Gasteiger partial charge on any atom is -0.461 e. The molecule has 2 aromatic heterocycles. The van der Waals surface area contributed by atoms with Crippen molar-refractivity contribution in [3.05, 3.63) is 68.6 Å². The highest BCUT2D eigenvalue weighted by Gasteiger charge is 2.47. The van der Waals surface area contributed by atoms with Gasteiger partial charge in [0.05, 0.1) is 58.8 Å². The van der Waals surface area contributed by atoms with E-state index in [1.807, 2.05) is 4.90 Å². The molecule has 2 saturated heterocycles. The molecule has 0 aliphatic carbocycles. The fourth-order valence-corrected chi connectivity index (χ4v) is 7.85. The zero-order chi connectivity index (χ0) is 35.5. The van der Waals surface area contributed by atoms with Gasteiger partial charge in [-0.25, -0.2) is 8.78 Å². The van der Waals surface area contributed by atoms with Gasteiger partial charge in [-0.05, 0) is 49.9 Å². The first kappa shape index (κ1) is 34.4. The van der Waals surface area contributed by atoms with Crippen molar-refractivity contribution in [3.8, 4) is 6.01 Å². The number of anilines is 2. The molecule has 3 aromatic rings. The zero-order valence-corrected chi connectivity index (χ0v) is 28.3. The summed E-state index contributed by atoms with van der Waals surface area (Å²) in [6.45, 7) is 2.39. The highest BCUT2D eigenvalue weighted by atomic mass is 35.5. The van der Waals surface area contributed by atoms with Crippen LogP contribution in [0.3, 0.4) is 0 Å². The van der Waals surface area contributed by atoms with Crippen LogP contribution >= 0.6 is 11.6 Å². The van der Waals surface area contributed by atoms with Crippen LogP contribution < -0.4 is 15.4 Å². The summed E-state index contributed by atoms with van der Waals surface area (Å²) in [4.78, 5) is 27.8. The maximum Gasteiger partial charge on any atom is 0.416 e. The topological polar surface area (TPSA) is 115 Å². The van der Waals surface area contributed by atoms with Crippen LogP contribution in [0.1, 0.15) is 70.4 Å². The molecule has 1 amide bonds. The third-order valence-corrected chi connectivity index (χ3v) is 10.4. The number of benzene rings is 1. The summed E-state index contributed by atoms with van der Waals surface area (Å²) in [5, 5.41) is 4.69. The molecule has 4 aliphatic rings. The molecule has 7 rings (SSSR count). The van der Waals surface area contributed by atoms with Crippen LogP contribution in [0.25, 0.3) is 0 Å². The predicted molar refractivity (Wildman–Crippen MR) is 173 cm³/mol. The molecule has 1 unspecified atom stereocenters. The highest BCUT2D eigenvalue weighted by molar-refractivity contribution is 6.34. The number of nitrogens with two attached hydrogens (primary N) is 1. The molecule has 2 atom stereocenters. The van der Waals surface area contributed by atoms with Crippen LogP contribution in [0.15, 0.2) is 24.0 Å². The number of hydrogen-bond donors (Lipinski definition) is 1. The number of halogens is 6. The van der Waals surface area contributed by atoms with Gasteiger partial charge in [-0.2, -0.15) is 28.2 Å². The van der Waals surface area contributed by atoms with Crippen LogP contribution in [0.2, 0.25) is 5.02 Å². The fraction of sp³-hybridized carbons (Fsp3) is 0.515. The van der Waals surface area contributed by atoms with Gasteiger partial charge >= 0.3 is 12.2 Å². The van der Waals surface area contributed by atoms with Crippen molar-refractivity contribution >= 4 is 29.0 Å². The Morgan fingerprint density at radius 1 is 1.20 bits per heavy atom. The van der Waals surface area contributed by atoms with E-state index in [0.717, 1.165) is 31.5 Å². The van der Waals surface area contributed by atoms with Crippen LogP contribution in [0.5, 0.6) is 6.01 Å². The molecular weight excluding hydrogens is 687 g/mol. The third kappa shape index (κ3) is 6.04. The number of fused-ring (bicyclic) bond motifs is 3. The summed E-state index contributed by atoms with van der Waals surface area (Å²) in [5.41, 5.74) is 5.21. The second-order valence-electron chi connectivity index (χ2n) is 13.5. The molecule has 1 aromatic carbocycles. The van der Waals surface area contributed by atoms with Crippen molar-refractivity contribution in [2.24, 2.45) is 0 Å². The van der Waals surface area contributed by atoms with Gasteiger partial charge in [0.25, 0.3) is 5.91 Å². The van der Waals surface area contributed by atoms with Gasteiger partial charge in [-0.15, -0.1) is 0 Å². The number of aryl methyl sites for hydroxylation is 1. The van der Waals surface area contributed by atoms with E-state index in [9.17, 15) is 22.4 Å². The number of aromatic nitrogens is 4. The fourth-order valence-electron chi connectivity index (χ4n) is 7.58. The summed E-state index contributed by atoms with van der Waals surface area (Å²) in [5.74, 6) is -1.13. The predicted octanol–water partition coefficient (Wildman–Crippen LogP) is 5.46. The van der Waals surface area contributed by atoms with Gasteiger partial charge < -0.3 is 25.0 Å². The van der Waals surface area contributed by atoms with Crippen LogP contribution in [-0.2, 0) is 37.0 Å². The third-order valence-electron chi connectivity index (χ3n) is 10.1. The number of ether oxygens (including phenoxy) is 2. The number of nitrogens with zero attached hydrogens (tertiary/aromatic N) is 7. The van der Waals surface area contributed by atoms with E-state index in [1.165, 1.54) is 4.90 Å². The number of carbonyl (C=O) groups is 1. The van der Waals surface area contributed by atoms with Gasteiger partial charge in [-0.1, -0.05) is 11.6 Å². The Morgan fingerprint density at radius 3 is 2.74 bits per heavy atom. The summed E-state index contributed by atoms with van der Waals surface area (Å²) >= 11 is 6.73. The SMILES string of the molecule is CN(C)C(=O)c1nn2c(c1Cl)CN(c1nc(OC[C@@]34CCCN3C/C(=C\F)C4)nc3c1COC(c1c(C(F)(F)F)ccc(N)c1F)C3)CCC2. The monoisotopic (exact) mass is 722 g/mol. The summed E-state index contributed by atoms with van der Waals surface area (Å²) in [6, 6.07) is 1.62. The van der Waals surface area contributed by atoms with Gasteiger partial charge in [0, 0.05) is 51.3 Å². The molecule has 0 radical (unpaired) electrons. The quantitative estimate of drug-likeness (QED) is 0.262. The number of hydrogen-bond acceptors (Lipinski definition) is 9. The number of amides is 1. The van der Waals surface area contributed by atoms with Crippen molar-refractivity contribution in [2.75, 3.05) is 51.0 Å². The van der Waals surface area contributed by atoms with E-state index in [-0.39, 0.29) is 48.8 Å². The largest absolute Gasteiger partial charge is 0.461 e. The molecule has 0 spiro atoms. The van der Waals surface area contributed by atoms with Gasteiger partial charge in [0.1, 0.15) is 12.4 Å². The molecule has 0 saturated carbocycles. The molecule has 4 aliphatic heterocycles. The standard InChI is InChI=1S/C33H36ClF5N8O3/c1-44(2)30(48)28-26(34)23-15-45(8-4-10-47(23)43-28)29-19-16-49-24(25-20(33(37,38)39)5-6-21(40)27(25)36)11-22(19)41-31(42-29)50-17-32-7-3-9-46(32)14-18(12-32)13-35/h5-6,13,24H,3-4,7-12,14-17,40H2,1-2H3/b18-13-/t24?,32-/m0/s1. The first-order valence-electron chi connectivity index (χ1n) is 16.3. The Hall–Kier alpha value is -4.02. The first-order chi connectivity index (χ1) is 23.8. The maximum absolute atomic E-state index is 15.4. The van der Waals surface area contributed by atoms with Crippen molar-refractivity contribution in [1.82, 2.24) is 29.5 Å². The van der Waals surface area contributed by atoms with E-state index >= 15 is 4.39 Å². The van der Waals surface area contributed by atoms with Crippen molar-refractivity contribution < 1.29 is 36.2 Å². The molecule has 268 valence electrons. The van der Waals surface area contributed by atoms with Crippen LogP contribution in [0.4, 0.5) is 33.5 Å². The normalized spacial score (nSPS) is 23.1. The van der Waals surface area contributed by atoms with Crippen molar-refractivity contribution in [2.45, 2.75) is 69.6 Å². The number of carbonyl (C=O) groups excluding carboxylic acids is 1. The summed E-state index contributed by atoms with van der Waals surface area (Å²) in [6.07, 6.45) is -2.99. The first-order valence-corrected chi connectivity index (χ1v) is 16.7. The van der Waals surface area contributed by atoms with Crippen LogP contribution in [-0.4, -0.2) is 81.3 Å². The van der Waals surface area contributed by atoms with Gasteiger partial charge in [-0.3, -0.25) is 14.4 Å². The average Bonchev–Trinajstić information content (AvgIpc) is 3.67. The Morgan fingerprint density at radius 2 is 2.00 bits per heavy atom. The van der Waals surface area contributed by atoms with E-state index in [0.29, 0.717) is 67.1 Å². The summed E-state index contributed by atoms with van der Waals surface area (Å²) in [7, 11) is 3.21. The molecule has 11 nitrogen and oxygen atoms in total. The number of nitrogen functional groups attached to an aromatic ring is 1. The van der Waals surface area contributed by atoms with Gasteiger partial charge in [0.2, 0.25) is 0 Å². The lowest BCUT2D eigenvalue weighted by Gasteiger charge is -2.33. The van der Waals surface area contributed by atoms with Gasteiger partial charge in [0.15, 0.2) is 11.5 Å². The molecular formula is C33H36ClF5N8O3. The van der Waals surface area contributed by atoms with E-state index < -0.39 is 40.5 Å². The molecule has 2 fully saturated rings. The number of rotatable bonds is 6. The highest BCUT2D eigenvalue weighted by Crippen LogP contribution is 2.44. The molecule has 2 N–H and O–H groups in total.